The Balaban J connectivity index is 2.70. The molecule has 1 rings (SSSR count). The van der Waals surface area contributed by atoms with Crippen LogP contribution in [0.4, 0.5) is 13.2 Å². The highest BCUT2D eigenvalue weighted by Gasteiger charge is 2.29. The molecule has 0 radical (unpaired) electrons. The molecular weight excluding hydrogens is 327 g/mol. The second-order valence-electron chi connectivity index (χ2n) is 5.09. The fourth-order valence-corrected chi connectivity index (χ4v) is 1.86. The van der Waals surface area contributed by atoms with Crippen LogP contribution in [0.1, 0.15) is 12.5 Å². The van der Waals surface area contributed by atoms with E-state index in [1.165, 1.54) is 13.2 Å². The highest BCUT2D eigenvalue weighted by molar-refractivity contribution is 5.78. The lowest BCUT2D eigenvalue weighted by Crippen LogP contribution is -2.40. The van der Waals surface area contributed by atoms with Gasteiger partial charge in [0.25, 0.3) is 0 Å². The molecule has 24 heavy (non-hydrogen) atoms. The maximum atomic E-state index is 12.2. The first-order chi connectivity index (χ1) is 11.2. The minimum Gasteiger partial charge on any atom is -0.493 e. The molecule has 0 aliphatic rings. The van der Waals surface area contributed by atoms with Crippen LogP contribution in [-0.2, 0) is 11.3 Å². The van der Waals surface area contributed by atoms with E-state index in [0.717, 1.165) is 5.56 Å². The summed E-state index contributed by atoms with van der Waals surface area (Å²) in [6.45, 7) is 1.24. The van der Waals surface area contributed by atoms with Crippen LogP contribution < -0.4 is 20.5 Å². The summed E-state index contributed by atoms with van der Waals surface area (Å²) in [5.74, 6) is 0.463. The van der Waals surface area contributed by atoms with E-state index in [2.05, 4.69) is 10.3 Å². The summed E-state index contributed by atoms with van der Waals surface area (Å²) in [7, 11) is 2.94. The normalized spacial score (nSPS) is 13.5. The Morgan fingerprint density at radius 2 is 2.00 bits per heavy atom. The third-order valence-corrected chi connectivity index (χ3v) is 2.86. The van der Waals surface area contributed by atoms with Gasteiger partial charge in [-0.1, -0.05) is 6.07 Å². The standard InChI is InChI=1S/C15H22F3N3O3/c1-10(8-22-2)21-14(19)20-7-11-4-5-12(13(6-11)23-3)24-9-15(16,17)18/h4-6,10H,7-9H2,1-3H3,(H3,19,20,21). The van der Waals surface area contributed by atoms with Crippen molar-refractivity contribution in [3.63, 3.8) is 0 Å². The molecule has 0 aliphatic heterocycles. The fourth-order valence-electron chi connectivity index (χ4n) is 1.86. The van der Waals surface area contributed by atoms with E-state index >= 15 is 0 Å². The molecule has 136 valence electrons. The average Bonchev–Trinajstić information content (AvgIpc) is 2.50. The van der Waals surface area contributed by atoms with E-state index < -0.39 is 12.8 Å². The molecule has 0 amide bonds. The van der Waals surface area contributed by atoms with Crippen molar-refractivity contribution in [1.82, 2.24) is 5.32 Å². The molecule has 1 aromatic carbocycles. The molecule has 0 saturated carbocycles. The zero-order valence-electron chi connectivity index (χ0n) is 13.8. The van der Waals surface area contributed by atoms with Crippen molar-refractivity contribution in [2.75, 3.05) is 27.4 Å². The van der Waals surface area contributed by atoms with Crippen LogP contribution in [0.3, 0.4) is 0 Å². The minimum absolute atomic E-state index is 0.00595. The van der Waals surface area contributed by atoms with Crippen molar-refractivity contribution >= 4 is 5.96 Å². The maximum absolute atomic E-state index is 12.2. The SMILES string of the molecule is COCC(C)NC(N)=NCc1ccc(OCC(F)(F)F)c(OC)c1. The van der Waals surface area contributed by atoms with E-state index in [1.54, 1.807) is 19.2 Å². The van der Waals surface area contributed by atoms with Crippen LogP contribution in [0.2, 0.25) is 0 Å². The zero-order chi connectivity index (χ0) is 18.2. The van der Waals surface area contributed by atoms with Crippen LogP contribution in [-0.4, -0.2) is 45.6 Å². The van der Waals surface area contributed by atoms with Crippen LogP contribution in [0.15, 0.2) is 23.2 Å². The number of halogens is 3. The van der Waals surface area contributed by atoms with E-state index in [-0.39, 0.29) is 30.0 Å². The molecule has 1 unspecified atom stereocenters. The Labute approximate surface area is 138 Å². The van der Waals surface area contributed by atoms with Gasteiger partial charge in [-0.3, -0.25) is 0 Å². The number of nitrogens with two attached hydrogens (primary N) is 1. The molecule has 0 saturated heterocycles. The van der Waals surface area contributed by atoms with Crippen LogP contribution in [0, 0.1) is 0 Å². The highest BCUT2D eigenvalue weighted by Crippen LogP contribution is 2.30. The summed E-state index contributed by atoms with van der Waals surface area (Å²) in [6.07, 6.45) is -4.41. The Hall–Kier alpha value is -2.16. The van der Waals surface area contributed by atoms with Crippen molar-refractivity contribution < 1.29 is 27.4 Å². The number of aliphatic imine (C=N–C) groups is 1. The molecule has 9 heteroatoms. The third-order valence-electron chi connectivity index (χ3n) is 2.86. The topological polar surface area (TPSA) is 78.1 Å². The smallest absolute Gasteiger partial charge is 0.422 e. The van der Waals surface area contributed by atoms with E-state index in [1.807, 2.05) is 6.92 Å². The molecule has 0 heterocycles. The van der Waals surface area contributed by atoms with E-state index in [9.17, 15) is 13.2 Å². The molecule has 6 nitrogen and oxygen atoms in total. The third kappa shape index (κ3) is 7.40. The van der Waals surface area contributed by atoms with Crippen molar-refractivity contribution in [2.45, 2.75) is 25.7 Å². The predicted molar refractivity (Wildman–Crippen MR) is 84.3 cm³/mol. The van der Waals surface area contributed by atoms with E-state index in [0.29, 0.717) is 6.61 Å². The summed E-state index contributed by atoms with van der Waals surface area (Å²) >= 11 is 0. The Morgan fingerprint density at radius 3 is 2.58 bits per heavy atom. The van der Waals surface area contributed by atoms with Gasteiger partial charge >= 0.3 is 6.18 Å². The highest BCUT2D eigenvalue weighted by atomic mass is 19.4. The van der Waals surface area contributed by atoms with Gasteiger partial charge in [0.15, 0.2) is 24.1 Å². The summed E-state index contributed by atoms with van der Waals surface area (Å²) < 4.78 is 51.4. The lowest BCUT2D eigenvalue weighted by molar-refractivity contribution is -0.153. The van der Waals surface area contributed by atoms with Crippen molar-refractivity contribution in [3.8, 4) is 11.5 Å². The van der Waals surface area contributed by atoms with Crippen molar-refractivity contribution in [2.24, 2.45) is 10.7 Å². The fraction of sp³-hybridized carbons (Fsp3) is 0.533. The molecule has 0 aromatic heterocycles. The minimum atomic E-state index is -4.41. The zero-order valence-corrected chi connectivity index (χ0v) is 13.8. The summed E-state index contributed by atoms with van der Waals surface area (Å²) in [4.78, 5) is 4.16. The Bertz CT molecular complexity index is 551. The molecule has 1 atom stereocenters. The second kappa shape index (κ2) is 9.21. The number of nitrogens with zero attached hydrogens (tertiary/aromatic N) is 1. The molecule has 0 bridgehead atoms. The number of ether oxygens (including phenoxy) is 3. The molecule has 0 spiro atoms. The number of rotatable bonds is 8. The molecule has 0 fully saturated rings. The van der Waals surface area contributed by atoms with Gasteiger partial charge in [-0.25, -0.2) is 4.99 Å². The van der Waals surface area contributed by atoms with E-state index in [4.69, 9.17) is 19.9 Å². The molecule has 1 aromatic rings. The first-order valence-corrected chi connectivity index (χ1v) is 7.17. The predicted octanol–water partition coefficient (Wildman–Crippen LogP) is 2.08. The molecule has 0 aliphatic carbocycles. The van der Waals surface area contributed by atoms with Gasteiger partial charge in [-0.15, -0.1) is 0 Å². The van der Waals surface area contributed by atoms with Gasteiger partial charge in [-0.2, -0.15) is 13.2 Å². The van der Waals surface area contributed by atoms with Crippen molar-refractivity contribution in [3.05, 3.63) is 23.8 Å². The summed E-state index contributed by atoms with van der Waals surface area (Å²) in [6, 6.07) is 4.57. The number of guanidine groups is 1. The number of benzene rings is 1. The maximum Gasteiger partial charge on any atom is 0.422 e. The first kappa shape index (κ1) is 19.9. The van der Waals surface area contributed by atoms with Gasteiger partial charge in [-0.05, 0) is 24.6 Å². The van der Waals surface area contributed by atoms with Gasteiger partial charge in [0.05, 0.1) is 20.3 Å². The average molecular weight is 349 g/mol. The largest absolute Gasteiger partial charge is 0.493 e. The van der Waals surface area contributed by atoms with Crippen LogP contribution in [0.5, 0.6) is 11.5 Å². The lowest BCUT2D eigenvalue weighted by Gasteiger charge is -2.14. The quantitative estimate of drug-likeness (QED) is 0.555. The Morgan fingerprint density at radius 1 is 1.29 bits per heavy atom. The monoisotopic (exact) mass is 349 g/mol. The van der Waals surface area contributed by atoms with Crippen LogP contribution in [0.25, 0.3) is 0 Å². The number of alkyl halides is 3. The van der Waals surface area contributed by atoms with Gasteiger partial charge < -0.3 is 25.3 Å². The van der Waals surface area contributed by atoms with Gasteiger partial charge in [0.2, 0.25) is 0 Å². The van der Waals surface area contributed by atoms with Gasteiger partial charge in [0, 0.05) is 13.2 Å². The molecular formula is C15H22F3N3O3. The summed E-state index contributed by atoms with van der Waals surface area (Å²) in [5, 5.41) is 2.95. The first-order valence-electron chi connectivity index (χ1n) is 7.17. The number of nitrogens with one attached hydrogen (secondary N) is 1. The second-order valence-corrected chi connectivity index (χ2v) is 5.09. The lowest BCUT2D eigenvalue weighted by atomic mass is 10.2. The Kier molecular flexibility index (Phi) is 7.63. The van der Waals surface area contributed by atoms with Crippen molar-refractivity contribution in [1.29, 1.82) is 0 Å². The molecule has 3 N–H and O–H groups in total. The summed E-state index contributed by atoms with van der Waals surface area (Å²) in [5.41, 5.74) is 6.47. The van der Waals surface area contributed by atoms with Crippen LogP contribution >= 0.6 is 0 Å². The number of hydrogen-bond donors (Lipinski definition) is 2. The van der Waals surface area contributed by atoms with Gasteiger partial charge in [0.1, 0.15) is 0 Å². The number of methoxy groups -OCH3 is 2. The number of hydrogen-bond acceptors (Lipinski definition) is 4.